The van der Waals surface area contributed by atoms with Gasteiger partial charge in [-0.1, -0.05) is 59.7 Å². The van der Waals surface area contributed by atoms with Crippen LogP contribution in [-0.2, 0) is 9.73 Å². The maximum Gasteiger partial charge on any atom is 0.351 e. The standard InChI is InChI=1S/C19H15N3O2S/c1-25(23,15-10-3-2-4-11-15)22-19-21-20-18(24-19)17-13-7-9-14-8-5-6-12-16(14)17/h2-13H,1H3. The minimum absolute atomic E-state index is 0.0132. The summed E-state index contributed by atoms with van der Waals surface area (Å²) in [6, 6.07) is 22.9. The van der Waals surface area contributed by atoms with Gasteiger partial charge in [-0.25, -0.2) is 4.21 Å². The molecule has 6 heteroatoms. The van der Waals surface area contributed by atoms with E-state index in [1.807, 2.05) is 60.7 Å². The molecule has 0 saturated carbocycles. The lowest BCUT2D eigenvalue weighted by Gasteiger charge is -2.02. The Balaban J connectivity index is 1.78. The molecular formula is C19H15N3O2S. The molecule has 0 aliphatic carbocycles. The first kappa shape index (κ1) is 15.5. The van der Waals surface area contributed by atoms with Gasteiger partial charge in [0, 0.05) is 16.7 Å². The lowest BCUT2D eigenvalue weighted by Crippen LogP contribution is -1.96. The zero-order valence-electron chi connectivity index (χ0n) is 13.5. The maximum atomic E-state index is 12.8. The maximum absolute atomic E-state index is 12.8. The van der Waals surface area contributed by atoms with Gasteiger partial charge in [0.05, 0.1) is 9.73 Å². The Hall–Kier alpha value is -2.99. The lowest BCUT2D eigenvalue weighted by molar-refractivity contribution is 0.580. The van der Waals surface area contributed by atoms with Crippen molar-refractivity contribution in [2.24, 2.45) is 4.36 Å². The fraction of sp³-hybridized carbons (Fsp3) is 0.0526. The largest absolute Gasteiger partial charge is 0.401 e. The molecule has 25 heavy (non-hydrogen) atoms. The van der Waals surface area contributed by atoms with Crippen molar-refractivity contribution in [3.63, 3.8) is 0 Å². The van der Waals surface area contributed by atoms with Gasteiger partial charge in [0.2, 0.25) is 5.89 Å². The Morgan fingerprint density at radius 2 is 1.60 bits per heavy atom. The summed E-state index contributed by atoms with van der Waals surface area (Å²) in [5, 5.41) is 10.1. The van der Waals surface area contributed by atoms with Gasteiger partial charge in [0.1, 0.15) is 0 Å². The predicted molar refractivity (Wildman–Crippen MR) is 98.1 cm³/mol. The van der Waals surface area contributed by atoms with Crippen molar-refractivity contribution in [1.29, 1.82) is 0 Å². The van der Waals surface area contributed by atoms with Crippen molar-refractivity contribution in [1.82, 2.24) is 10.2 Å². The summed E-state index contributed by atoms with van der Waals surface area (Å²) in [7, 11) is -2.65. The summed E-state index contributed by atoms with van der Waals surface area (Å²) in [6.07, 6.45) is 1.56. The molecule has 1 aromatic heterocycles. The molecule has 0 radical (unpaired) electrons. The van der Waals surface area contributed by atoms with E-state index in [2.05, 4.69) is 14.6 Å². The number of rotatable bonds is 3. The third-order valence-corrected chi connectivity index (χ3v) is 5.52. The van der Waals surface area contributed by atoms with E-state index in [1.54, 1.807) is 18.4 Å². The second-order valence-corrected chi connectivity index (χ2v) is 7.88. The van der Waals surface area contributed by atoms with E-state index in [0.29, 0.717) is 10.8 Å². The number of benzene rings is 3. The molecule has 1 heterocycles. The molecule has 1 atom stereocenters. The van der Waals surface area contributed by atoms with Gasteiger partial charge in [0.25, 0.3) is 0 Å². The highest BCUT2D eigenvalue weighted by atomic mass is 32.2. The Morgan fingerprint density at radius 1 is 0.880 bits per heavy atom. The van der Waals surface area contributed by atoms with E-state index in [1.165, 1.54) is 0 Å². The summed E-state index contributed by atoms with van der Waals surface area (Å²) < 4.78 is 22.7. The van der Waals surface area contributed by atoms with Crippen LogP contribution < -0.4 is 0 Å². The fourth-order valence-electron chi connectivity index (χ4n) is 2.65. The van der Waals surface area contributed by atoms with E-state index in [4.69, 9.17) is 4.42 Å². The normalized spacial score (nSPS) is 13.5. The quantitative estimate of drug-likeness (QED) is 0.538. The van der Waals surface area contributed by atoms with Crippen LogP contribution in [0.2, 0.25) is 0 Å². The van der Waals surface area contributed by atoms with Gasteiger partial charge < -0.3 is 4.42 Å². The van der Waals surface area contributed by atoms with E-state index >= 15 is 0 Å². The zero-order valence-corrected chi connectivity index (χ0v) is 14.3. The molecule has 0 spiro atoms. The molecule has 4 aromatic rings. The van der Waals surface area contributed by atoms with Crippen LogP contribution in [0.4, 0.5) is 6.01 Å². The summed E-state index contributed by atoms with van der Waals surface area (Å²) in [5.41, 5.74) is 0.828. The molecule has 124 valence electrons. The van der Waals surface area contributed by atoms with Crippen LogP contribution in [0.25, 0.3) is 22.2 Å². The van der Waals surface area contributed by atoms with Gasteiger partial charge in [-0.3, -0.25) is 0 Å². The zero-order chi connectivity index (χ0) is 17.3. The minimum atomic E-state index is -2.65. The molecule has 0 saturated heterocycles. The highest BCUT2D eigenvalue weighted by molar-refractivity contribution is 7.93. The highest BCUT2D eigenvalue weighted by Crippen LogP contribution is 2.29. The SMILES string of the molecule is CS(=O)(=Nc1nnc(-c2cccc3ccccc23)o1)c1ccccc1. The second kappa shape index (κ2) is 6.14. The van der Waals surface area contributed by atoms with Crippen LogP contribution in [0.3, 0.4) is 0 Å². The summed E-state index contributed by atoms with van der Waals surface area (Å²) >= 11 is 0. The lowest BCUT2D eigenvalue weighted by atomic mass is 10.0. The Kier molecular flexibility index (Phi) is 3.82. The monoisotopic (exact) mass is 349 g/mol. The average molecular weight is 349 g/mol. The van der Waals surface area contributed by atoms with Crippen molar-refractivity contribution in [3.05, 3.63) is 72.8 Å². The molecule has 4 rings (SSSR count). The van der Waals surface area contributed by atoms with Crippen molar-refractivity contribution >= 4 is 26.5 Å². The average Bonchev–Trinajstić information content (AvgIpc) is 3.09. The van der Waals surface area contributed by atoms with Crippen LogP contribution in [0.5, 0.6) is 0 Å². The molecule has 0 aliphatic heterocycles. The minimum Gasteiger partial charge on any atom is -0.401 e. The molecule has 0 amide bonds. The van der Waals surface area contributed by atoms with E-state index in [9.17, 15) is 4.21 Å². The van der Waals surface area contributed by atoms with Gasteiger partial charge in [-0.05, 0) is 29.0 Å². The summed E-state index contributed by atoms with van der Waals surface area (Å²) in [6.45, 7) is 0. The van der Waals surface area contributed by atoms with Crippen LogP contribution in [-0.4, -0.2) is 20.7 Å². The molecule has 5 nitrogen and oxygen atoms in total. The van der Waals surface area contributed by atoms with Crippen molar-refractivity contribution in [2.75, 3.05) is 6.26 Å². The number of aromatic nitrogens is 2. The Bertz CT molecular complexity index is 1150. The second-order valence-electron chi connectivity index (χ2n) is 5.62. The highest BCUT2D eigenvalue weighted by Gasteiger charge is 2.13. The van der Waals surface area contributed by atoms with Crippen molar-refractivity contribution < 1.29 is 8.63 Å². The Morgan fingerprint density at radius 3 is 2.44 bits per heavy atom. The molecular weight excluding hydrogens is 334 g/mol. The Labute approximate surface area is 145 Å². The fourth-order valence-corrected chi connectivity index (χ4v) is 3.79. The van der Waals surface area contributed by atoms with Crippen molar-refractivity contribution in [3.8, 4) is 11.5 Å². The molecule has 0 bridgehead atoms. The van der Waals surface area contributed by atoms with Crippen LogP contribution in [0.15, 0.2) is 86.5 Å². The van der Waals surface area contributed by atoms with Gasteiger partial charge in [0.15, 0.2) is 0 Å². The van der Waals surface area contributed by atoms with Gasteiger partial charge in [-0.2, -0.15) is 0 Å². The number of hydrogen-bond acceptors (Lipinski definition) is 5. The number of hydrogen-bond donors (Lipinski definition) is 0. The smallest absolute Gasteiger partial charge is 0.351 e. The van der Waals surface area contributed by atoms with Crippen molar-refractivity contribution in [2.45, 2.75) is 4.90 Å². The summed E-state index contributed by atoms with van der Waals surface area (Å²) in [5.74, 6) is 0.360. The third kappa shape index (κ3) is 3.04. The van der Waals surface area contributed by atoms with Crippen LogP contribution in [0, 0.1) is 0 Å². The molecule has 0 fully saturated rings. The van der Waals surface area contributed by atoms with E-state index in [-0.39, 0.29) is 6.01 Å². The first-order valence-corrected chi connectivity index (χ1v) is 9.65. The topological polar surface area (TPSA) is 68.3 Å². The molecule has 0 N–H and O–H groups in total. The van der Waals surface area contributed by atoms with Crippen LogP contribution in [0.1, 0.15) is 0 Å². The molecule has 1 unspecified atom stereocenters. The number of fused-ring (bicyclic) bond motifs is 1. The van der Waals surface area contributed by atoms with Gasteiger partial charge in [-0.15, -0.1) is 9.46 Å². The van der Waals surface area contributed by atoms with E-state index in [0.717, 1.165) is 16.3 Å². The first-order chi connectivity index (χ1) is 12.1. The first-order valence-electron chi connectivity index (χ1n) is 7.72. The molecule has 3 aromatic carbocycles. The van der Waals surface area contributed by atoms with Gasteiger partial charge >= 0.3 is 6.01 Å². The van der Waals surface area contributed by atoms with Crippen LogP contribution >= 0.6 is 0 Å². The summed E-state index contributed by atoms with van der Waals surface area (Å²) in [4.78, 5) is 0.625. The number of nitrogens with zero attached hydrogens (tertiary/aromatic N) is 3. The third-order valence-electron chi connectivity index (χ3n) is 3.87. The van der Waals surface area contributed by atoms with E-state index < -0.39 is 9.73 Å². The predicted octanol–water partition coefficient (Wildman–Crippen LogP) is 4.68. The molecule has 0 aliphatic rings.